The molecule has 0 spiro atoms. The first-order chi connectivity index (χ1) is 8.56. The van der Waals surface area contributed by atoms with Gasteiger partial charge in [-0.05, 0) is 38.8 Å². The molecule has 1 aromatic rings. The Morgan fingerprint density at radius 1 is 1.33 bits per heavy atom. The maximum atomic E-state index is 4.57. The van der Waals surface area contributed by atoms with Gasteiger partial charge in [-0.25, -0.2) is 0 Å². The molecule has 0 amide bonds. The third-order valence-electron chi connectivity index (χ3n) is 3.53. The predicted octanol–water partition coefficient (Wildman–Crippen LogP) is 2.67. The van der Waals surface area contributed by atoms with E-state index in [-0.39, 0.29) is 0 Å². The Balaban J connectivity index is 2.08. The van der Waals surface area contributed by atoms with Gasteiger partial charge in [-0.2, -0.15) is 0 Å². The van der Waals surface area contributed by atoms with Gasteiger partial charge in [-0.3, -0.25) is 4.98 Å². The zero-order valence-corrected chi connectivity index (χ0v) is 12.0. The zero-order chi connectivity index (χ0) is 13.1. The van der Waals surface area contributed by atoms with Gasteiger partial charge < -0.3 is 10.2 Å². The standard InChI is InChI=1S/C15H25N3/c1-11(2)16-14-6-5-9-18(10-14)15-8-7-12(3)17-13(15)4/h7-8,11,14,16H,5-6,9-10H2,1-4H3. The fourth-order valence-corrected chi connectivity index (χ4v) is 2.82. The van der Waals surface area contributed by atoms with Gasteiger partial charge in [-0.15, -0.1) is 0 Å². The molecule has 1 aromatic heterocycles. The van der Waals surface area contributed by atoms with Gasteiger partial charge in [0.1, 0.15) is 0 Å². The minimum atomic E-state index is 0.562. The number of aromatic nitrogens is 1. The summed E-state index contributed by atoms with van der Waals surface area (Å²) >= 11 is 0. The molecular weight excluding hydrogens is 222 g/mol. The van der Waals surface area contributed by atoms with Crippen molar-refractivity contribution in [1.29, 1.82) is 0 Å². The first kappa shape index (κ1) is 13.3. The molecular formula is C15H25N3. The van der Waals surface area contributed by atoms with Crippen LogP contribution in [0.1, 0.15) is 38.1 Å². The molecule has 1 aliphatic rings. The molecule has 0 radical (unpaired) electrons. The second-order valence-electron chi connectivity index (χ2n) is 5.66. The Labute approximate surface area is 111 Å². The second kappa shape index (κ2) is 5.70. The summed E-state index contributed by atoms with van der Waals surface area (Å²) in [6.45, 7) is 10.9. The average Bonchev–Trinajstić information content (AvgIpc) is 2.28. The third kappa shape index (κ3) is 3.22. The van der Waals surface area contributed by atoms with E-state index < -0.39 is 0 Å². The number of anilines is 1. The van der Waals surface area contributed by atoms with Crippen LogP contribution in [-0.2, 0) is 0 Å². The normalized spacial score (nSPS) is 20.5. The van der Waals surface area contributed by atoms with Gasteiger partial charge in [0, 0.05) is 30.9 Å². The van der Waals surface area contributed by atoms with Crippen molar-refractivity contribution in [2.45, 2.75) is 52.6 Å². The highest BCUT2D eigenvalue weighted by molar-refractivity contribution is 5.51. The lowest BCUT2D eigenvalue weighted by Gasteiger charge is -2.36. The van der Waals surface area contributed by atoms with Gasteiger partial charge in [-0.1, -0.05) is 13.8 Å². The summed E-state index contributed by atoms with van der Waals surface area (Å²) < 4.78 is 0. The van der Waals surface area contributed by atoms with Crippen LogP contribution < -0.4 is 10.2 Å². The van der Waals surface area contributed by atoms with Crippen molar-refractivity contribution >= 4 is 5.69 Å². The number of pyridine rings is 1. The van der Waals surface area contributed by atoms with Gasteiger partial charge in [0.2, 0.25) is 0 Å². The van der Waals surface area contributed by atoms with Gasteiger partial charge in [0.25, 0.3) is 0 Å². The molecule has 3 heteroatoms. The Bertz CT molecular complexity index is 401. The molecule has 1 N–H and O–H groups in total. The molecule has 1 fully saturated rings. The van der Waals surface area contributed by atoms with Crippen molar-refractivity contribution in [2.75, 3.05) is 18.0 Å². The van der Waals surface area contributed by atoms with Crippen LogP contribution in [0.5, 0.6) is 0 Å². The molecule has 1 unspecified atom stereocenters. The largest absolute Gasteiger partial charge is 0.369 e. The minimum absolute atomic E-state index is 0.562. The van der Waals surface area contributed by atoms with Crippen LogP contribution in [0.2, 0.25) is 0 Å². The Morgan fingerprint density at radius 2 is 2.11 bits per heavy atom. The van der Waals surface area contributed by atoms with Crippen LogP contribution in [0.4, 0.5) is 5.69 Å². The molecule has 18 heavy (non-hydrogen) atoms. The molecule has 0 bridgehead atoms. The summed E-state index contributed by atoms with van der Waals surface area (Å²) in [6, 6.07) is 5.50. The van der Waals surface area contributed by atoms with Crippen molar-refractivity contribution in [3.63, 3.8) is 0 Å². The van der Waals surface area contributed by atoms with Crippen LogP contribution in [0.3, 0.4) is 0 Å². The average molecular weight is 247 g/mol. The third-order valence-corrected chi connectivity index (χ3v) is 3.53. The summed E-state index contributed by atoms with van der Waals surface area (Å²) in [5.41, 5.74) is 3.56. The SMILES string of the molecule is Cc1ccc(N2CCCC(NC(C)C)C2)c(C)n1. The van der Waals surface area contributed by atoms with E-state index in [0.717, 1.165) is 24.5 Å². The molecule has 100 valence electrons. The summed E-state index contributed by atoms with van der Waals surface area (Å²) in [5.74, 6) is 0. The van der Waals surface area contributed by atoms with Crippen molar-refractivity contribution in [3.05, 3.63) is 23.5 Å². The predicted molar refractivity (Wildman–Crippen MR) is 77.2 cm³/mol. The van der Waals surface area contributed by atoms with E-state index in [1.165, 1.54) is 18.5 Å². The first-order valence-corrected chi connectivity index (χ1v) is 7.01. The first-order valence-electron chi connectivity index (χ1n) is 7.01. The number of hydrogen-bond donors (Lipinski definition) is 1. The van der Waals surface area contributed by atoms with Crippen LogP contribution >= 0.6 is 0 Å². The smallest absolute Gasteiger partial charge is 0.0608 e. The van der Waals surface area contributed by atoms with E-state index in [0.29, 0.717) is 12.1 Å². The fraction of sp³-hybridized carbons (Fsp3) is 0.667. The van der Waals surface area contributed by atoms with Crippen LogP contribution in [0.15, 0.2) is 12.1 Å². The monoisotopic (exact) mass is 247 g/mol. The molecule has 2 heterocycles. The summed E-state index contributed by atoms with van der Waals surface area (Å²) in [5, 5.41) is 3.65. The molecule has 0 aliphatic carbocycles. The van der Waals surface area contributed by atoms with Crippen LogP contribution in [0.25, 0.3) is 0 Å². The van der Waals surface area contributed by atoms with Crippen molar-refractivity contribution in [3.8, 4) is 0 Å². The minimum Gasteiger partial charge on any atom is -0.369 e. The summed E-state index contributed by atoms with van der Waals surface area (Å²) in [4.78, 5) is 7.05. The number of aryl methyl sites for hydroxylation is 2. The maximum Gasteiger partial charge on any atom is 0.0608 e. The van der Waals surface area contributed by atoms with E-state index >= 15 is 0 Å². The Kier molecular flexibility index (Phi) is 4.23. The topological polar surface area (TPSA) is 28.2 Å². The molecule has 2 rings (SSSR count). The van der Waals surface area contributed by atoms with Crippen molar-refractivity contribution in [2.24, 2.45) is 0 Å². The highest BCUT2D eigenvalue weighted by Crippen LogP contribution is 2.23. The fourth-order valence-electron chi connectivity index (χ4n) is 2.82. The molecule has 1 aliphatic heterocycles. The molecule has 1 saturated heterocycles. The zero-order valence-electron chi connectivity index (χ0n) is 12.0. The maximum absolute atomic E-state index is 4.57. The van der Waals surface area contributed by atoms with Crippen LogP contribution in [0, 0.1) is 13.8 Å². The number of rotatable bonds is 3. The van der Waals surface area contributed by atoms with E-state index in [9.17, 15) is 0 Å². The van der Waals surface area contributed by atoms with E-state index in [1.807, 2.05) is 0 Å². The number of nitrogens with zero attached hydrogens (tertiary/aromatic N) is 2. The quantitative estimate of drug-likeness (QED) is 0.890. The lowest BCUT2D eigenvalue weighted by Crippen LogP contribution is -2.48. The Hall–Kier alpha value is -1.09. The van der Waals surface area contributed by atoms with Gasteiger partial charge in [0.05, 0.1) is 11.4 Å². The lowest BCUT2D eigenvalue weighted by atomic mass is 10.0. The van der Waals surface area contributed by atoms with E-state index in [1.54, 1.807) is 0 Å². The highest BCUT2D eigenvalue weighted by atomic mass is 15.2. The number of nitrogens with one attached hydrogen (secondary N) is 1. The van der Waals surface area contributed by atoms with Gasteiger partial charge in [0.15, 0.2) is 0 Å². The van der Waals surface area contributed by atoms with Crippen molar-refractivity contribution < 1.29 is 0 Å². The van der Waals surface area contributed by atoms with E-state index in [4.69, 9.17) is 0 Å². The van der Waals surface area contributed by atoms with E-state index in [2.05, 4.69) is 55.0 Å². The highest BCUT2D eigenvalue weighted by Gasteiger charge is 2.21. The molecule has 0 aromatic carbocycles. The van der Waals surface area contributed by atoms with Gasteiger partial charge >= 0.3 is 0 Å². The van der Waals surface area contributed by atoms with Crippen molar-refractivity contribution in [1.82, 2.24) is 10.3 Å². The van der Waals surface area contributed by atoms with Crippen LogP contribution in [-0.4, -0.2) is 30.2 Å². The number of hydrogen-bond acceptors (Lipinski definition) is 3. The lowest BCUT2D eigenvalue weighted by molar-refractivity contribution is 0.394. The number of piperidine rings is 1. The summed E-state index contributed by atoms with van der Waals surface area (Å²) in [7, 11) is 0. The molecule has 1 atom stereocenters. The molecule has 3 nitrogen and oxygen atoms in total. The molecule has 0 saturated carbocycles. The summed E-state index contributed by atoms with van der Waals surface area (Å²) in [6.07, 6.45) is 2.55. The second-order valence-corrected chi connectivity index (χ2v) is 5.66. The Morgan fingerprint density at radius 3 is 2.78 bits per heavy atom.